The summed E-state index contributed by atoms with van der Waals surface area (Å²) in [5, 5.41) is 2.44. The van der Waals surface area contributed by atoms with Crippen molar-refractivity contribution in [2.24, 2.45) is 0 Å². The summed E-state index contributed by atoms with van der Waals surface area (Å²) in [7, 11) is 0. The van der Waals surface area contributed by atoms with Crippen LogP contribution in [0.25, 0.3) is 5.52 Å². The number of fused-ring (bicyclic) bond motifs is 1. The summed E-state index contributed by atoms with van der Waals surface area (Å²) in [6, 6.07) is 3.37. The van der Waals surface area contributed by atoms with Gasteiger partial charge in [-0.05, 0) is 30.7 Å². The number of nitriles is 1. The predicted octanol–water partition coefficient (Wildman–Crippen LogP) is 7.09. The normalized spacial score (nSPS) is 14.5. The number of esters is 1. The first kappa shape index (κ1) is 31.2. The molecule has 0 atom stereocenters. The van der Waals surface area contributed by atoms with Crippen LogP contribution in [0.3, 0.4) is 0 Å². The third kappa shape index (κ3) is 3.92. The topological polar surface area (TPSA) is 54.5 Å². The Morgan fingerprint density at radius 3 is 1.79 bits per heavy atom. The summed E-state index contributed by atoms with van der Waals surface area (Å²) in [5.41, 5.74) is -7.21. The SMILES string of the molecule is CCOC(=O)c1c(C(F)(F)C(F)(F)C(F)(F)C(F)(F)C(F)(F)C(F)(F)C(F)(F)Cl)c(C#N)n2ccccc12. The minimum absolute atomic E-state index is 0.221. The molecule has 2 rings (SSSR count). The molecule has 2 aromatic heterocycles. The third-order valence-electron chi connectivity index (χ3n) is 5.07. The number of aromatic nitrogens is 1. The van der Waals surface area contributed by atoms with Gasteiger partial charge in [-0.1, -0.05) is 6.07 Å². The fourth-order valence-corrected chi connectivity index (χ4v) is 3.28. The maximum absolute atomic E-state index is 15.1. The van der Waals surface area contributed by atoms with E-state index < -0.39 is 75.8 Å². The van der Waals surface area contributed by atoms with Crippen LogP contribution in [0.1, 0.15) is 28.5 Å². The second-order valence-electron chi connectivity index (χ2n) is 7.33. The maximum Gasteiger partial charge on any atom is 0.393 e. The molecule has 0 saturated heterocycles. The summed E-state index contributed by atoms with van der Waals surface area (Å²) >= 11 is 3.57. The molecule has 19 heteroatoms. The number of carbonyl (C=O) groups is 1. The van der Waals surface area contributed by atoms with Crippen LogP contribution in [-0.4, -0.2) is 52.0 Å². The van der Waals surface area contributed by atoms with Gasteiger partial charge in [-0.2, -0.15) is 66.7 Å². The second-order valence-corrected chi connectivity index (χ2v) is 7.81. The summed E-state index contributed by atoms with van der Waals surface area (Å²) in [6.45, 7) is 0.353. The largest absolute Gasteiger partial charge is 0.462 e. The Hall–Kier alpha value is -2.97. The van der Waals surface area contributed by atoms with Gasteiger partial charge in [0.15, 0.2) is 0 Å². The molecular weight excluding hydrogens is 590 g/mol. The van der Waals surface area contributed by atoms with Crippen molar-refractivity contribution in [1.29, 1.82) is 5.26 Å². The number of carbonyl (C=O) groups excluding carboxylic acids is 1. The Morgan fingerprint density at radius 2 is 1.34 bits per heavy atom. The van der Waals surface area contributed by atoms with Crippen molar-refractivity contribution in [3.63, 3.8) is 0 Å². The van der Waals surface area contributed by atoms with Crippen molar-refractivity contribution in [1.82, 2.24) is 4.40 Å². The monoisotopic (exact) mass is 598 g/mol. The van der Waals surface area contributed by atoms with E-state index in [4.69, 9.17) is 0 Å². The first-order valence-electron chi connectivity index (χ1n) is 9.46. The number of rotatable bonds is 9. The Morgan fingerprint density at radius 1 is 0.868 bits per heavy atom. The predicted molar refractivity (Wildman–Crippen MR) is 97.5 cm³/mol. The van der Waals surface area contributed by atoms with Crippen LogP contribution in [-0.2, 0) is 10.7 Å². The van der Waals surface area contributed by atoms with Crippen LogP contribution in [0.4, 0.5) is 61.5 Å². The summed E-state index contributed by atoms with van der Waals surface area (Å²) in [6.07, 6.45) is 0.637. The van der Waals surface area contributed by atoms with E-state index >= 15 is 8.78 Å². The van der Waals surface area contributed by atoms with Gasteiger partial charge in [0.05, 0.1) is 23.3 Å². The van der Waals surface area contributed by atoms with Gasteiger partial charge in [0.25, 0.3) is 0 Å². The van der Waals surface area contributed by atoms with Crippen LogP contribution in [0.15, 0.2) is 24.4 Å². The van der Waals surface area contributed by atoms with Crippen LogP contribution in [0.2, 0.25) is 0 Å². The molecule has 0 bridgehead atoms. The lowest BCUT2D eigenvalue weighted by atomic mass is 9.87. The molecule has 0 amide bonds. The Bertz CT molecular complexity index is 1280. The zero-order valence-electron chi connectivity index (χ0n) is 17.9. The van der Waals surface area contributed by atoms with E-state index in [-0.39, 0.29) is 4.40 Å². The number of ether oxygens (including phenoxy) is 1. The minimum atomic E-state index is -8.36. The van der Waals surface area contributed by atoms with E-state index in [9.17, 15) is 62.7 Å². The number of halogens is 15. The molecule has 0 aliphatic rings. The number of hydrogen-bond acceptors (Lipinski definition) is 3. The molecule has 0 unspecified atom stereocenters. The molecule has 0 fully saturated rings. The average Bonchev–Trinajstić information content (AvgIpc) is 3.13. The first-order valence-corrected chi connectivity index (χ1v) is 9.83. The Kier molecular flexibility index (Phi) is 7.45. The molecule has 2 aromatic rings. The van der Waals surface area contributed by atoms with Gasteiger partial charge in [-0.25, -0.2) is 4.79 Å². The van der Waals surface area contributed by atoms with Gasteiger partial charge in [-0.15, -0.1) is 0 Å². The number of alkyl halides is 15. The van der Waals surface area contributed by atoms with Crippen molar-refractivity contribution in [2.75, 3.05) is 6.61 Å². The molecule has 212 valence electrons. The molecule has 38 heavy (non-hydrogen) atoms. The second kappa shape index (κ2) is 9.06. The highest BCUT2D eigenvalue weighted by atomic mass is 35.5. The van der Waals surface area contributed by atoms with E-state index in [0.717, 1.165) is 25.1 Å². The van der Waals surface area contributed by atoms with E-state index in [1.54, 1.807) is 0 Å². The van der Waals surface area contributed by atoms with Gasteiger partial charge in [0, 0.05) is 6.20 Å². The Labute approximate surface area is 206 Å². The van der Waals surface area contributed by atoms with Crippen molar-refractivity contribution in [2.45, 2.75) is 47.8 Å². The lowest BCUT2D eigenvalue weighted by molar-refractivity contribution is -0.437. The molecule has 0 saturated carbocycles. The zero-order chi connectivity index (χ0) is 29.9. The van der Waals surface area contributed by atoms with E-state index in [0.29, 0.717) is 12.3 Å². The fraction of sp³-hybridized carbons (Fsp3) is 0.474. The molecule has 0 aromatic carbocycles. The highest BCUT2D eigenvalue weighted by molar-refractivity contribution is 6.22. The van der Waals surface area contributed by atoms with Crippen molar-refractivity contribution in [3.8, 4) is 6.07 Å². The third-order valence-corrected chi connectivity index (χ3v) is 5.31. The van der Waals surface area contributed by atoms with Crippen LogP contribution in [0, 0.1) is 11.3 Å². The summed E-state index contributed by atoms with van der Waals surface area (Å²) in [4.78, 5) is 12.3. The van der Waals surface area contributed by atoms with E-state index in [1.165, 1.54) is 0 Å². The van der Waals surface area contributed by atoms with Crippen molar-refractivity contribution in [3.05, 3.63) is 41.2 Å². The standard InChI is InChI=1S/C19H9ClF14N2O2/c1-2-38-12(37)10-8-5-3-4-6-36(8)9(7-35)11(10)13(21,22)14(23,24)15(25,26)16(27,28)17(29,30)18(31,32)19(20,33)34/h3-6H,2H2,1H3. The maximum atomic E-state index is 15.1. The molecular formula is C19H9ClF14N2O2. The highest BCUT2D eigenvalue weighted by Crippen LogP contribution is 2.64. The number of nitrogens with zero attached hydrogens (tertiary/aromatic N) is 2. The zero-order valence-corrected chi connectivity index (χ0v) is 18.7. The van der Waals surface area contributed by atoms with E-state index in [1.807, 2.05) is 0 Å². The van der Waals surface area contributed by atoms with Crippen molar-refractivity contribution >= 4 is 23.1 Å². The summed E-state index contributed by atoms with van der Waals surface area (Å²) < 4.78 is 200. The highest BCUT2D eigenvalue weighted by Gasteiger charge is 2.93. The molecule has 0 aliphatic heterocycles. The molecule has 2 heterocycles. The molecule has 0 spiro atoms. The van der Waals surface area contributed by atoms with Crippen LogP contribution >= 0.6 is 11.6 Å². The number of pyridine rings is 1. The average molecular weight is 599 g/mol. The first-order chi connectivity index (χ1) is 16.9. The fourth-order valence-electron chi connectivity index (χ4n) is 3.16. The van der Waals surface area contributed by atoms with Gasteiger partial charge >= 0.3 is 46.9 Å². The van der Waals surface area contributed by atoms with Crippen LogP contribution in [0.5, 0.6) is 0 Å². The van der Waals surface area contributed by atoms with E-state index in [2.05, 4.69) is 16.3 Å². The molecule has 0 aliphatic carbocycles. The Balaban J connectivity index is 2.94. The summed E-state index contributed by atoms with van der Waals surface area (Å²) in [5.74, 6) is -49.3. The molecule has 4 nitrogen and oxygen atoms in total. The quantitative estimate of drug-likeness (QED) is 0.176. The van der Waals surface area contributed by atoms with Gasteiger partial charge in [0.2, 0.25) is 0 Å². The van der Waals surface area contributed by atoms with Crippen LogP contribution < -0.4 is 0 Å². The lowest BCUT2D eigenvalue weighted by Gasteiger charge is -2.41. The molecule has 0 N–H and O–H groups in total. The van der Waals surface area contributed by atoms with Gasteiger partial charge in [0.1, 0.15) is 11.8 Å². The smallest absolute Gasteiger partial charge is 0.393 e. The van der Waals surface area contributed by atoms with Gasteiger partial charge in [-0.3, -0.25) is 0 Å². The number of hydrogen-bond donors (Lipinski definition) is 0. The lowest BCUT2D eigenvalue weighted by Crippen LogP contribution is -2.72. The minimum Gasteiger partial charge on any atom is -0.462 e. The molecule has 0 radical (unpaired) electrons. The van der Waals surface area contributed by atoms with Crippen molar-refractivity contribution < 1.29 is 71.0 Å². The van der Waals surface area contributed by atoms with Gasteiger partial charge < -0.3 is 9.14 Å².